The Kier molecular flexibility index (Phi) is 7.88. The molecule has 0 unspecified atom stereocenters. The van der Waals surface area contributed by atoms with Crippen LogP contribution in [0.2, 0.25) is 0 Å². The first kappa shape index (κ1) is 21.8. The third kappa shape index (κ3) is 7.03. The van der Waals surface area contributed by atoms with Gasteiger partial charge < -0.3 is 24.9 Å². The van der Waals surface area contributed by atoms with Crippen LogP contribution in [0.1, 0.15) is 37.9 Å². The monoisotopic (exact) mass is 423 g/mol. The summed E-state index contributed by atoms with van der Waals surface area (Å²) in [4.78, 5) is 9.85. The van der Waals surface area contributed by atoms with Gasteiger partial charge in [-0.15, -0.1) is 0 Å². The molecule has 0 radical (unpaired) electrons. The van der Waals surface area contributed by atoms with E-state index >= 15 is 0 Å². The van der Waals surface area contributed by atoms with Crippen molar-refractivity contribution in [3.8, 4) is 0 Å². The van der Waals surface area contributed by atoms with Crippen molar-refractivity contribution >= 4 is 11.6 Å². The molecule has 2 fully saturated rings. The van der Waals surface area contributed by atoms with Crippen LogP contribution in [0.3, 0.4) is 0 Å². The Hall–Kier alpha value is -2.47. The topological polar surface area (TPSA) is 56.0 Å². The van der Waals surface area contributed by atoms with Crippen LogP contribution in [0, 0.1) is 0 Å². The number of guanidine groups is 1. The molecule has 0 bridgehead atoms. The Labute approximate surface area is 186 Å². The molecular formula is C25H37N5O. The van der Waals surface area contributed by atoms with E-state index in [1.165, 1.54) is 44.5 Å². The number of hydrogen-bond donors (Lipinski definition) is 2. The summed E-state index contributed by atoms with van der Waals surface area (Å²) < 4.78 is 5.46. The zero-order chi connectivity index (χ0) is 21.3. The molecule has 2 N–H and O–H groups in total. The van der Waals surface area contributed by atoms with Crippen LogP contribution in [-0.2, 0) is 6.42 Å². The molecule has 2 heterocycles. The Bertz CT molecular complexity index is 780. The second-order valence-corrected chi connectivity index (χ2v) is 8.78. The maximum absolute atomic E-state index is 5.46. The highest BCUT2D eigenvalue weighted by atomic mass is 16.3. The highest BCUT2D eigenvalue weighted by Gasteiger charge is 2.31. The molecule has 0 amide bonds. The summed E-state index contributed by atoms with van der Waals surface area (Å²) in [5.74, 6) is 1.95. The molecule has 4 rings (SSSR count). The van der Waals surface area contributed by atoms with Crippen LogP contribution < -0.4 is 15.5 Å². The number of hydrogen-bond acceptors (Lipinski definition) is 4. The van der Waals surface area contributed by atoms with Crippen LogP contribution in [0.25, 0.3) is 0 Å². The maximum Gasteiger partial charge on any atom is 0.191 e. The van der Waals surface area contributed by atoms with Crippen molar-refractivity contribution in [2.75, 3.05) is 44.7 Å². The SMILES string of the molecule is CN(CCCN=C(NCCc1ccco1)NC1CCN(C2CC2)CC1)c1ccccc1. The van der Waals surface area contributed by atoms with Crippen LogP contribution in [-0.4, -0.2) is 62.7 Å². The minimum absolute atomic E-state index is 0.511. The molecule has 6 heteroatoms. The summed E-state index contributed by atoms with van der Waals surface area (Å²) in [7, 11) is 2.15. The fraction of sp³-hybridized carbons (Fsp3) is 0.560. The van der Waals surface area contributed by atoms with Gasteiger partial charge in [-0.2, -0.15) is 0 Å². The molecule has 1 aliphatic carbocycles. The van der Waals surface area contributed by atoms with Gasteiger partial charge in [-0.1, -0.05) is 18.2 Å². The van der Waals surface area contributed by atoms with Gasteiger partial charge in [-0.3, -0.25) is 4.99 Å². The molecular weight excluding hydrogens is 386 g/mol. The lowest BCUT2D eigenvalue weighted by Crippen LogP contribution is -2.49. The molecule has 0 atom stereocenters. The predicted molar refractivity (Wildman–Crippen MR) is 128 cm³/mol. The van der Waals surface area contributed by atoms with Gasteiger partial charge in [0.1, 0.15) is 5.76 Å². The van der Waals surface area contributed by atoms with Crippen molar-refractivity contribution in [2.24, 2.45) is 4.99 Å². The van der Waals surface area contributed by atoms with Crippen LogP contribution in [0.4, 0.5) is 5.69 Å². The van der Waals surface area contributed by atoms with Crippen molar-refractivity contribution in [3.63, 3.8) is 0 Å². The van der Waals surface area contributed by atoms with Gasteiger partial charge in [0.05, 0.1) is 6.26 Å². The number of piperidine rings is 1. The summed E-state index contributed by atoms with van der Waals surface area (Å²) in [6, 6.07) is 15.9. The molecule has 1 saturated carbocycles. The average Bonchev–Trinajstić information content (AvgIpc) is 3.53. The van der Waals surface area contributed by atoms with Gasteiger partial charge in [-0.25, -0.2) is 0 Å². The smallest absolute Gasteiger partial charge is 0.191 e. The fourth-order valence-electron chi connectivity index (χ4n) is 4.26. The molecule has 1 aliphatic heterocycles. The largest absolute Gasteiger partial charge is 0.469 e. The molecule has 1 aromatic heterocycles. The maximum atomic E-state index is 5.46. The lowest BCUT2D eigenvalue weighted by molar-refractivity contribution is 0.197. The summed E-state index contributed by atoms with van der Waals surface area (Å²) in [6.07, 6.45) is 8.83. The molecule has 0 spiro atoms. The third-order valence-corrected chi connectivity index (χ3v) is 6.30. The zero-order valence-corrected chi connectivity index (χ0v) is 18.8. The summed E-state index contributed by atoms with van der Waals surface area (Å²) in [6.45, 7) is 5.05. The second kappa shape index (κ2) is 11.2. The number of aliphatic imine (C=N–C) groups is 1. The minimum Gasteiger partial charge on any atom is -0.469 e. The highest BCUT2D eigenvalue weighted by Crippen LogP contribution is 2.29. The van der Waals surface area contributed by atoms with Crippen molar-refractivity contribution in [3.05, 3.63) is 54.5 Å². The lowest BCUT2D eigenvalue weighted by Gasteiger charge is -2.33. The molecule has 1 saturated heterocycles. The summed E-state index contributed by atoms with van der Waals surface area (Å²) >= 11 is 0. The fourth-order valence-corrected chi connectivity index (χ4v) is 4.26. The third-order valence-electron chi connectivity index (χ3n) is 6.30. The molecule has 6 nitrogen and oxygen atoms in total. The number of para-hydroxylation sites is 1. The first-order chi connectivity index (χ1) is 15.3. The zero-order valence-electron chi connectivity index (χ0n) is 18.8. The van der Waals surface area contributed by atoms with Gasteiger partial charge >= 0.3 is 0 Å². The number of furan rings is 1. The van der Waals surface area contributed by atoms with Gasteiger partial charge in [0, 0.05) is 64.0 Å². The number of nitrogens with zero attached hydrogens (tertiary/aromatic N) is 3. The standard InChI is InChI=1S/C25H37N5O/c1-29(22-7-3-2-4-8-22)17-6-15-26-25(27-16-12-24-9-5-20-31-24)28-21-13-18-30(19-14-21)23-10-11-23/h2-5,7-9,20-21,23H,6,10-19H2,1H3,(H2,26,27,28). The minimum atomic E-state index is 0.511. The Balaban J connectivity index is 1.24. The summed E-state index contributed by atoms with van der Waals surface area (Å²) in [5.41, 5.74) is 1.25. The molecule has 31 heavy (non-hydrogen) atoms. The van der Waals surface area contributed by atoms with E-state index in [0.717, 1.165) is 50.2 Å². The summed E-state index contributed by atoms with van der Waals surface area (Å²) in [5, 5.41) is 7.23. The van der Waals surface area contributed by atoms with E-state index in [9.17, 15) is 0 Å². The normalized spacial score (nSPS) is 18.2. The number of benzene rings is 1. The number of likely N-dealkylation sites (tertiary alicyclic amines) is 1. The first-order valence-corrected chi connectivity index (χ1v) is 11.9. The van der Waals surface area contributed by atoms with Gasteiger partial charge in [-0.05, 0) is 56.4 Å². The van der Waals surface area contributed by atoms with E-state index in [1.54, 1.807) is 6.26 Å². The van der Waals surface area contributed by atoms with Gasteiger partial charge in [0.15, 0.2) is 5.96 Å². The van der Waals surface area contributed by atoms with E-state index in [1.807, 2.05) is 12.1 Å². The van der Waals surface area contributed by atoms with E-state index in [0.29, 0.717) is 6.04 Å². The van der Waals surface area contributed by atoms with E-state index in [-0.39, 0.29) is 0 Å². The van der Waals surface area contributed by atoms with Crippen molar-refractivity contribution < 1.29 is 4.42 Å². The molecule has 2 aliphatic rings. The Morgan fingerprint density at radius 1 is 1.10 bits per heavy atom. The van der Waals surface area contributed by atoms with E-state index < -0.39 is 0 Å². The lowest BCUT2D eigenvalue weighted by atomic mass is 10.1. The Morgan fingerprint density at radius 3 is 2.61 bits per heavy atom. The van der Waals surface area contributed by atoms with Crippen LogP contribution in [0.5, 0.6) is 0 Å². The Morgan fingerprint density at radius 2 is 1.90 bits per heavy atom. The quantitative estimate of drug-likeness (QED) is 0.348. The first-order valence-electron chi connectivity index (χ1n) is 11.9. The van der Waals surface area contributed by atoms with E-state index in [2.05, 4.69) is 57.8 Å². The number of anilines is 1. The van der Waals surface area contributed by atoms with Gasteiger partial charge in [0.25, 0.3) is 0 Å². The van der Waals surface area contributed by atoms with Crippen LogP contribution >= 0.6 is 0 Å². The predicted octanol–water partition coefficient (Wildman–Crippen LogP) is 3.51. The average molecular weight is 424 g/mol. The number of rotatable bonds is 10. The van der Waals surface area contributed by atoms with Crippen molar-refractivity contribution in [2.45, 2.75) is 50.6 Å². The molecule has 1 aromatic carbocycles. The van der Waals surface area contributed by atoms with Crippen molar-refractivity contribution in [1.82, 2.24) is 15.5 Å². The van der Waals surface area contributed by atoms with E-state index in [4.69, 9.17) is 9.41 Å². The van der Waals surface area contributed by atoms with Gasteiger partial charge in [0.2, 0.25) is 0 Å². The molecule has 2 aromatic rings. The second-order valence-electron chi connectivity index (χ2n) is 8.78. The van der Waals surface area contributed by atoms with Crippen molar-refractivity contribution in [1.29, 1.82) is 0 Å². The van der Waals surface area contributed by atoms with Crippen LogP contribution in [0.15, 0.2) is 58.1 Å². The highest BCUT2D eigenvalue weighted by molar-refractivity contribution is 5.80. The number of nitrogens with one attached hydrogen (secondary N) is 2. The molecule has 168 valence electrons.